The molecular weight excluding hydrogens is 178 g/mol. The lowest BCUT2D eigenvalue weighted by atomic mass is 10.1. The molecule has 0 aromatic carbocycles. The van der Waals surface area contributed by atoms with Gasteiger partial charge in [0.25, 0.3) is 0 Å². The van der Waals surface area contributed by atoms with E-state index in [9.17, 15) is 4.79 Å². The van der Waals surface area contributed by atoms with Crippen LogP contribution in [0.25, 0.3) is 0 Å². The minimum absolute atomic E-state index is 0.240. The van der Waals surface area contributed by atoms with Gasteiger partial charge in [0.2, 0.25) is 0 Å². The molecule has 14 heavy (non-hydrogen) atoms. The number of nitrogens with zero attached hydrogens (tertiary/aromatic N) is 1. The molecular formula is C11H15NO2. The van der Waals surface area contributed by atoms with Crippen LogP contribution in [0.15, 0.2) is 12.1 Å². The van der Waals surface area contributed by atoms with Crippen molar-refractivity contribution in [3.05, 3.63) is 23.5 Å². The van der Waals surface area contributed by atoms with Crippen LogP contribution in [0.3, 0.4) is 0 Å². The summed E-state index contributed by atoms with van der Waals surface area (Å²) in [7, 11) is 0. The topological polar surface area (TPSA) is 42.2 Å². The lowest BCUT2D eigenvalue weighted by molar-refractivity contribution is -0.136. The molecule has 0 fully saturated rings. The van der Waals surface area contributed by atoms with Crippen molar-refractivity contribution in [2.45, 2.75) is 38.6 Å². The Morgan fingerprint density at radius 3 is 3.07 bits per heavy atom. The second-order valence-corrected chi connectivity index (χ2v) is 3.82. The lowest BCUT2D eigenvalue weighted by Gasteiger charge is -2.17. The molecule has 0 bridgehead atoms. The first-order valence-corrected chi connectivity index (χ1v) is 5.16. The first kappa shape index (κ1) is 9.31. The minimum Gasteiger partial charge on any atom is -0.481 e. The Hall–Kier alpha value is -1.25. The number of rotatable bonds is 3. The maximum atomic E-state index is 10.5. The molecule has 0 saturated heterocycles. The second-order valence-electron chi connectivity index (χ2n) is 3.82. The number of aryl methyl sites for hydroxylation is 2. The van der Waals surface area contributed by atoms with Crippen LogP contribution in [0.2, 0.25) is 0 Å². The molecule has 0 amide bonds. The van der Waals surface area contributed by atoms with Gasteiger partial charge in [-0.05, 0) is 37.8 Å². The van der Waals surface area contributed by atoms with Crippen molar-refractivity contribution in [3.63, 3.8) is 0 Å². The quantitative estimate of drug-likeness (QED) is 0.795. The van der Waals surface area contributed by atoms with Crippen molar-refractivity contribution < 1.29 is 9.90 Å². The Morgan fingerprint density at radius 1 is 1.43 bits per heavy atom. The standard InChI is InChI=1S/C11H15NO2/c13-11(14)7-6-10-5-4-9-3-1-2-8-12(9)10/h4-5H,1-3,6-8H2,(H,13,14). The largest absolute Gasteiger partial charge is 0.481 e. The fourth-order valence-electron chi connectivity index (χ4n) is 2.09. The van der Waals surface area contributed by atoms with Gasteiger partial charge in [-0.3, -0.25) is 4.79 Å². The molecule has 0 aliphatic carbocycles. The van der Waals surface area contributed by atoms with Crippen molar-refractivity contribution in [1.29, 1.82) is 0 Å². The van der Waals surface area contributed by atoms with Crippen LogP contribution in [-0.2, 0) is 24.2 Å². The van der Waals surface area contributed by atoms with Gasteiger partial charge < -0.3 is 9.67 Å². The van der Waals surface area contributed by atoms with Crippen molar-refractivity contribution in [2.75, 3.05) is 0 Å². The highest BCUT2D eigenvalue weighted by atomic mass is 16.4. The monoisotopic (exact) mass is 193 g/mol. The normalized spacial score (nSPS) is 15.1. The lowest BCUT2D eigenvalue weighted by Crippen LogP contribution is -2.13. The third-order valence-electron chi connectivity index (χ3n) is 2.82. The number of aromatic nitrogens is 1. The summed E-state index contributed by atoms with van der Waals surface area (Å²) in [6, 6.07) is 4.21. The highest BCUT2D eigenvalue weighted by molar-refractivity contribution is 5.67. The van der Waals surface area contributed by atoms with E-state index in [4.69, 9.17) is 5.11 Å². The second kappa shape index (κ2) is 3.86. The van der Waals surface area contributed by atoms with E-state index < -0.39 is 5.97 Å². The minimum atomic E-state index is -0.712. The Kier molecular flexibility index (Phi) is 2.57. The van der Waals surface area contributed by atoms with Crippen molar-refractivity contribution in [3.8, 4) is 0 Å². The van der Waals surface area contributed by atoms with Crippen LogP contribution in [0.4, 0.5) is 0 Å². The molecule has 3 heteroatoms. The molecule has 2 heterocycles. The fourth-order valence-corrected chi connectivity index (χ4v) is 2.09. The predicted octanol–water partition coefficient (Wildman–Crippen LogP) is 1.84. The van der Waals surface area contributed by atoms with E-state index in [1.807, 2.05) is 0 Å². The van der Waals surface area contributed by atoms with Crippen LogP contribution in [-0.4, -0.2) is 15.6 Å². The zero-order valence-corrected chi connectivity index (χ0v) is 8.20. The first-order valence-electron chi connectivity index (χ1n) is 5.16. The summed E-state index contributed by atoms with van der Waals surface area (Å²) in [6.45, 7) is 1.07. The zero-order valence-electron chi connectivity index (χ0n) is 8.20. The third kappa shape index (κ3) is 1.81. The molecule has 1 aliphatic heterocycles. The summed E-state index contributed by atoms with van der Waals surface area (Å²) in [4.78, 5) is 10.5. The summed E-state index contributed by atoms with van der Waals surface area (Å²) in [5.74, 6) is -0.712. The highest BCUT2D eigenvalue weighted by Crippen LogP contribution is 2.19. The smallest absolute Gasteiger partial charge is 0.303 e. The van der Waals surface area contributed by atoms with Gasteiger partial charge in [-0.25, -0.2) is 0 Å². The number of fused-ring (bicyclic) bond motifs is 1. The Bertz CT molecular complexity index is 341. The van der Waals surface area contributed by atoms with E-state index in [0.29, 0.717) is 6.42 Å². The number of carboxylic acid groups (broad SMARTS) is 1. The molecule has 1 aromatic rings. The van der Waals surface area contributed by atoms with Crippen LogP contribution >= 0.6 is 0 Å². The van der Waals surface area contributed by atoms with Crippen LogP contribution in [0.1, 0.15) is 30.7 Å². The summed E-state index contributed by atoms with van der Waals surface area (Å²) < 4.78 is 2.28. The van der Waals surface area contributed by atoms with Crippen LogP contribution < -0.4 is 0 Å². The fraction of sp³-hybridized carbons (Fsp3) is 0.545. The predicted molar refractivity (Wildman–Crippen MR) is 53.3 cm³/mol. The van der Waals surface area contributed by atoms with E-state index >= 15 is 0 Å². The molecule has 1 N–H and O–H groups in total. The molecule has 76 valence electrons. The van der Waals surface area contributed by atoms with E-state index in [0.717, 1.165) is 13.0 Å². The SMILES string of the molecule is O=C(O)CCc1ccc2n1CCCC2. The molecule has 0 spiro atoms. The average Bonchev–Trinajstić information content (AvgIpc) is 2.58. The maximum absolute atomic E-state index is 10.5. The van der Waals surface area contributed by atoms with Gasteiger partial charge in [0, 0.05) is 17.9 Å². The maximum Gasteiger partial charge on any atom is 0.303 e. The molecule has 0 saturated carbocycles. The molecule has 2 rings (SSSR count). The average molecular weight is 193 g/mol. The first-order chi connectivity index (χ1) is 6.77. The number of aliphatic carboxylic acids is 1. The number of carbonyl (C=O) groups is 1. The Labute approximate surface area is 83.4 Å². The molecule has 3 nitrogen and oxygen atoms in total. The van der Waals surface area contributed by atoms with Gasteiger partial charge in [-0.2, -0.15) is 0 Å². The van der Waals surface area contributed by atoms with Crippen LogP contribution in [0, 0.1) is 0 Å². The molecule has 0 atom stereocenters. The van der Waals surface area contributed by atoms with Gasteiger partial charge in [0.15, 0.2) is 0 Å². The molecule has 1 aliphatic rings. The molecule has 1 aromatic heterocycles. The van der Waals surface area contributed by atoms with Crippen molar-refractivity contribution in [2.24, 2.45) is 0 Å². The summed E-state index contributed by atoms with van der Waals surface area (Å²) in [5.41, 5.74) is 2.55. The van der Waals surface area contributed by atoms with Gasteiger partial charge in [0.05, 0.1) is 6.42 Å². The number of hydrogen-bond donors (Lipinski definition) is 1. The van der Waals surface area contributed by atoms with Gasteiger partial charge >= 0.3 is 5.97 Å². The summed E-state index contributed by atoms with van der Waals surface area (Å²) >= 11 is 0. The van der Waals surface area contributed by atoms with Gasteiger partial charge in [-0.1, -0.05) is 0 Å². The number of hydrogen-bond acceptors (Lipinski definition) is 1. The summed E-state index contributed by atoms with van der Waals surface area (Å²) in [5, 5.41) is 8.61. The van der Waals surface area contributed by atoms with Crippen molar-refractivity contribution in [1.82, 2.24) is 4.57 Å². The van der Waals surface area contributed by atoms with Crippen molar-refractivity contribution >= 4 is 5.97 Å². The van der Waals surface area contributed by atoms with Gasteiger partial charge in [0.1, 0.15) is 0 Å². The van der Waals surface area contributed by atoms with Gasteiger partial charge in [-0.15, -0.1) is 0 Å². The third-order valence-corrected chi connectivity index (χ3v) is 2.82. The highest BCUT2D eigenvalue weighted by Gasteiger charge is 2.12. The Balaban J connectivity index is 2.10. The molecule has 0 unspecified atom stereocenters. The van der Waals surface area contributed by atoms with E-state index in [1.165, 1.54) is 24.2 Å². The zero-order chi connectivity index (χ0) is 9.97. The van der Waals surface area contributed by atoms with E-state index in [2.05, 4.69) is 16.7 Å². The molecule has 0 radical (unpaired) electrons. The summed E-state index contributed by atoms with van der Waals surface area (Å²) in [6.07, 6.45) is 4.54. The Morgan fingerprint density at radius 2 is 2.29 bits per heavy atom. The van der Waals surface area contributed by atoms with E-state index in [-0.39, 0.29) is 6.42 Å². The number of carboxylic acids is 1. The van der Waals surface area contributed by atoms with Crippen LogP contribution in [0.5, 0.6) is 0 Å². The van der Waals surface area contributed by atoms with E-state index in [1.54, 1.807) is 0 Å².